The average Bonchev–Trinajstić information content (AvgIpc) is 2.82. The molecule has 1 aromatic heterocycles. The van der Waals surface area contributed by atoms with Crippen molar-refractivity contribution in [2.24, 2.45) is 5.92 Å². The summed E-state index contributed by atoms with van der Waals surface area (Å²) in [6.07, 6.45) is 3.53. The first-order valence-corrected chi connectivity index (χ1v) is 13.4. The number of nitrogens with one attached hydrogen (secondary N) is 2. The maximum atomic E-state index is 13.2. The summed E-state index contributed by atoms with van der Waals surface area (Å²) in [5.74, 6) is 1.38. The van der Waals surface area contributed by atoms with E-state index in [0.29, 0.717) is 32.0 Å². The Kier molecular flexibility index (Phi) is 7.66. The molecule has 3 unspecified atom stereocenters. The van der Waals surface area contributed by atoms with Gasteiger partial charge in [0.1, 0.15) is 6.04 Å². The lowest BCUT2D eigenvalue weighted by molar-refractivity contribution is -0.118. The van der Waals surface area contributed by atoms with Gasteiger partial charge in [0.25, 0.3) is 5.56 Å². The highest BCUT2D eigenvalue weighted by Gasteiger charge is 2.37. The molecule has 2 aromatic rings. The number of amides is 3. The molecule has 3 atom stereocenters. The zero-order valence-corrected chi connectivity index (χ0v) is 20.9. The van der Waals surface area contributed by atoms with Crippen LogP contribution in [-0.4, -0.2) is 52.5 Å². The second kappa shape index (κ2) is 10.7. The Morgan fingerprint density at radius 1 is 1.09 bits per heavy atom. The highest BCUT2D eigenvalue weighted by Crippen LogP contribution is 2.35. The van der Waals surface area contributed by atoms with E-state index in [1.54, 1.807) is 23.9 Å². The third-order valence-corrected chi connectivity index (χ3v) is 7.48. The molecule has 34 heavy (non-hydrogen) atoms. The van der Waals surface area contributed by atoms with E-state index in [1.165, 1.54) is 5.56 Å². The fourth-order valence-corrected chi connectivity index (χ4v) is 5.46. The second-order valence-electron chi connectivity index (χ2n) is 9.65. The van der Waals surface area contributed by atoms with Gasteiger partial charge in [0.15, 0.2) is 0 Å². The Balaban J connectivity index is 1.42. The fraction of sp³-hybridized carbons (Fsp3) is 0.500. The van der Waals surface area contributed by atoms with Gasteiger partial charge in [0.05, 0.1) is 0 Å². The van der Waals surface area contributed by atoms with Crippen LogP contribution in [0.4, 0.5) is 10.5 Å². The van der Waals surface area contributed by atoms with Crippen LogP contribution >= 0.6 is 11.8 Å². The third kappa shape index (κ3) is 5.49. The van der Waals surface area contributed by atoms with Crippen LogP contribution < -0.4 is 16.2 Å². The molecule has 0 saturated carbocycles. The zero-order chi connectivity index (χ0) is 24.2. The Labute approximate surface area is 205 Å². The Bertz CT molecular complexity index is 1080. The summed E-state index contributed by atoms with van der Waals surface area (Å²) in [5, 5.41) is 5.95. The van der Waals surface area contributed by atoms with Crippen molar-refractivity contribution >= 4 is 29.4 Å². The third-order valence-electron chi connectivity index (χ3n) is 6.84. The van der Waals surface area contributed by atoms with Crippen molar-refractivity contribution in [3.8, 4) is 0 Å². The first kappa shape index (κ1) is 24.4. The largest absolute Gasteiger partial charge is 0.326 e. The zero-order valence-electron chi connectivity index (χ0n) is 20.1. The molecule has 1 fully saturated rings. The van der Waals surface area contributed by atoms with Gasteiger partial charge in [-0.25, -0.2) is 4.79 Å². The number of rotatable bonds is 7. The normalized spacial score (nSPS) is 19.9. The number of carbonyl (C=O) groups excluding carboxylic acids is 2. The minimum absolute atomic E-state index is 0.0281. The Morgan fingerprint density at radius 3 is 2.56 bits per heavy atom. The van der Waals surface area contributed by atoms with Crippen LogP contribution in [0.25, 0.3) is 0 Å². The lowest BCUT2D eigenvalue weighted by Gasteiger charge is -2.43. The maximum Gasteiger partial charge on any atom is 0.318 e. The molecule has 2 N–H and O–H groups in total. The van der Waals surface area contributed by atoms with E-state index in [4.69, 9.17) is 0 Å². The van der Waals surface area contributed by atoms with Crippen molar-refractivity contribution in [2.75, 3.05) is 30.4 Å². The van der Waals surface area contributed by atoms with E-state index in [-0.39, 0.29) is 29.3 Å². The molecule has 0 spiro atoms. The second-order valence-corrected chi connectivity index (χ2v) is 10.6. The molecule has 2 aliphatic heterocycles. The van der Waals surface area contributed by atoms with Gasteiger partial charge in [-0.2, -0.15) is 11.8 Å². The summed E-state index contributed by atoms with van der Waals surface area (Å²) in [5.41, 5.74) is 2.97. The van der Waals surface area contributed by atoms with Gasteiger partial charge >= 0.3 is 6.03 Å². The number of benzene rings is 1. The van der Waals surface area contributed by atoms with Crippen molar-refractivity contribution in [1.29, 1.82) is 0 Å². The minimum Gasteiger partial charge on any atom is -0.326 e. The minimum atomic E-state index is -0.610. The molecule has 2 aliphatic rings. The summed E-state index contributed by atoms with van der Waals surface area (Å²) in [6, 6.07) is 12.4. The van der Waals surface area contributed by atoms with Crippen molar-refractivity contribution in [3.05, 3.63) is 64.1 Å². The summed E-state index contributed by atoms with van der Waals surface area (Å²) >= 11 is 1.65. The molecule has 1 aromatic carbocycles. The van der Waals surface area contributed by atoms with E-state index in [1.807, 2.05) is 46.1 Å². The van der Waals surface area contributed by atoms with E-state index < -0.39 is 6.04 Å². The van der Waals surface area contributed by atoms with Crippen LogP contribution in [-0.2, 0) is 11.3 Å². The van der Waals surface area contributed by atoms with Crippen molar-refractivity contribution in [1.82, 2.24) is 14.8 Å². The van der Waals surface area contributed by atoms with Gasteiger partial charge in [-0.3, -0.25) is 9.59 Å². The number of hydrogen-bond donors (Lipinski definition) is 2. The highest BCUT2D eigenvalue weighted by atomic mass is 32.2. The van der Waals surface area contributed by atoms with Crippen LogP contribution in [0.1, 0.15) is 49.8 Å². The Morgan fingerprint density at radius 2 is 1.85 bits per heavy atom. The quantitative estimate of drug-likeness (QED) is 0.628. The number of nitrogens with zero attached hydrogens (tertiary/aromatic N) is 2. The number of piperidine rings is 1. The van der Waals surface area contributed by atoms with E-state index in [2.05, 4.69) is 24.5 Å². The van der Waals surface area contributed by atoms with Gasteiger partial charge in [0.2, 0.25) is 5.91 Å². The standard InChI is InChI=1S/C26H34N4O3S/c1-17(2)19-7-9-21(10-8-19)27-25(32)22(11-12-34-3)28-26(33)29-14-18-13-20(16-29)23-5-4-6-24(31)30(23)15-18/h4-10,17-18,20,22H,11-16H2,1-3H3,(H,27,32)(H,28,33). The number of aromatic nitrogens is 1. The number of fused-ring (bicyclic) bond motifs is 4. The van der Waals surface area contributed by atoms with Crippen molar-refractivity contribution in [2.45, 2.75) is 51.1 Å². The topological polar surface area (TPSA) is 83.4 Å². The molecule has 2 bridgehead atoms. The SMILES string of the molecule is CSCCC(NC(=O)N1CC2CC(C1)c1cccc(=O)n1C2)C(=O)Nc1ccc(C(C)C)cc1. The number of urea groups is 1. The number of likely N-dealkylation sites (tertiary alicyclic amines) is 1. The summed E-state index contributed by atoms with van der Waals surface area (Å²) in [6.45, 7) is 6.05. The molecule has 0 aliphatic carbocycles. The molecule has 3 amide bonds. The summed E-state index contributed by atoms with van der Waals surface area (Å²) in [7, 11) is 0. The summed E-state index contributed by atoms with van der Waals surface area (Å²) in [4.78, 5) is 40.4. The van der Waals surface area contributed by atoms with Gasteiger partial charge in [0, 0.05) is 43.0 Å². The molecular weight excluding hydrogens is 448 g/mol. The number of thioether (sulfide) groups is 1. The van der Waals surface area contributed by atoms with E-state index >= 15 is 0 Å². The maximum absolute atomic E-state index is 13.2. The highest BCUT2D eigenvalue weighted by molar-refractivity contribution is 7.98. The lowest BCUT2D eigenvalue weighted by Crippen LogP contribution is -2.55. The molecule has 8 heteroatoms. The van der Waals surface area contributed by atoms with Crippen LogP contribution in [0.2, 0.25) is 0 Å². The first-order chi connectivity index (χ1) is 16.4. The van der Waals surface area contributed by atoms with Crippen molar-refractivity contribution < 1.29 is 9.59 Å². The number of anilines is 1. The van der Waals surface area contributed by atoms with Crippen LogP contribution in [0.3, 0.4) is 0 Å². The van der Waals surface area contributed by atoms with Gasteiger partial charge in [-0.1, -0.05) is 32.0 Å². The fourth-order valence-electron chi connectivity index (χ4n) is 4.99. The summed E-state index contributed by atoms with van der Waals surface area (Å²) < 4.78 is 1.85. The van der Waals surface area contributed by atoms with Crippen LogP contribution in [0.15, 0.2) is 47.3 Å². The van der Waals surface area contributed by atoms with Gasteiger partial charge < -0.3 is 20.1 Å². The molecular formula is C26H34N4O3S. The molecule has 0 radical (unpaired) electrons. The van der Waals surface area contributed by atoms with Crippen molar-refractivity contribution in [3.63, 3.8) is 0 Å². The van der Waals surface area contributed by atoms with Crippen LogP contribution in [0.5, 0.6) is 0 Å². The number of hydrogen-bond acceptors (Lipinski definition) is 4. The average molecular weight is 483 g/mol. The molecule has 7 nitrogen and oxygen atoms in total. The number of pyridine rings is 1. The van der Waals surface area contributed by atoms with Gasteiger partial charge in [-0.15, -0.1) is 0 Å². The monoisotopic (exact) mass is 482 g/mol. The van der Waals surface area contributed by atoms with Crippen LogP contribution in [0, 0.1) is 5.92 Å². The van der Waals surface area contributed by atoms with Gasteiger partial charge in [-0.05, 0) is 60.4 Å². The predicted molar refractivity (Wildman–Crippen MR) is 138 cm³/mol. The Hall–Kier alpha value is -2.74. The van der Waals surface area contributed by atoms with E-state index in [9.17, 15) is 14.4 Å². The number of carbonyl (C=O) groups is 2. The molecule has 4 rings (SSSR count). The molecule has 182 valence electrons. The molecule has 1 saturated heterocycles. The lowest BCUT2D eigenvalue weighted by atomic mass is 9.83. The van der Waals surface area contributed by atoms with E-state index in [0.717, 1.165) is 23.6 Å². The predicted octanol–water partition coefficient (Wildman–Crippen LogP) is 3.86. The molecule has 3 heterocycles. The first-order valence-electron chi connectivity index (χ1n) is 12.0. The smallest absolute Gasteiger partial charge is 0.318 e.